The molecule has 13 heteroatoms. The molecule has 0 unspecified atom stereocenters. The number of hydrogen-bond acceptors (Lipinski definition) is 11. The molecule has 1 aromatic carbocycles. The quantitative estimate of drug-likeness (QED) is 0.241. The first-order valence-electron chi connectivity index (χ1n) is 12.5. The van der Waals surface area contributed by atoms with Crippen molar-refractivity contribution in [1.29, 1.82) is 0 Å². The van der Waals surface area contributed by atoms with Crippen LogP contribution in [-0.4, -0.2) is 97.9 Å². The predicted octanol–water partition coefficient (Wildman–Crippen LogP) is -0.778. The van der Waals surface area contributed by atoms with Crippen LogP contribution in [0.15, 0.2) is 24.0 Å². The fourth-order valence-corrected chi connectivity index (χ4v) is 6.60. The van der Waals surface area contributed by atoms with Crippen molar-refractivity contribution < 1.29 is 58.9 Å². The Labute approximate surface area is 222 Å². The number of likely N-dealkylation sites (tertiary alicyclic amines) is 1. The molecular formula is C26H29NO12. The van der Waals surface area contributed by atoms with Gasteiger partial charge in [0.15, 0.2) is 12.2 Å². The van der Waals surface area contributed by atoms with Crippen LogP contribution in [0.3, 0.4) is 0 Å². The number of aliphatic carboxylic acids is 2. The minimum Gasteiger partial charge on any atom is -0.481 e. The molecule has 1 fully saturated rings. The standard InChI is InChI=1S/C26H29NO12/c1-27-7-6-25-20-12-2-3-13(11-28)21(20)39-22(25)15(4-5-26(25,36)17(27)8-12)37-19(32)9-14(29)24(35)38-16(23(33)34)10-18(30)31/h2-4,14,16-17,22,28-29,36H,5-11H2,1H3,(H,30,31)(H,33,34)/t14-,16+,17+,22-,25-,26+/m0/s1. The number of carbonyl (C=O) groups is 4. The number of ether oxygens (including phenoxy) is 3. The molecule has 1 saturated heterocycles. The Kier molecular flexibility index (Phi) is 6.66. The number of carbonyl (C=O) groups excluding carboxylic acids is 2. The number of aliphatic hydroxyl groups excluding tert-OH is 2. The Morgan fingerprint density at radius 2 is 1.95 bits per heavy atom. The summed E-state index contributed by atoms with van der Waals surface area (Å²) in [6, 6.07) is 3.47. The van der Waals surface area contributed by atoms with Crippen molar-refractivity contribution >= 4 is 23.9 Å². The van der Waals surface area contributed by atoms with E-state index in [1.165, 1.54) is 0 Å². The molecular weight excluding hydrogens is 518 g/mol. The molecule has 0 amide bonds. The van der Waals surface area contributed by atoms with Crippen molar-refractivity contribution in [3.05, 3.63) is 40.7 Å². The maximum Gasteiger partial charge on any atom is 0.345 e. The van der Waals surface area contributed by atoms with Gasteiger partial charge in [0.05, 0.1) is 30.5 Å². The van der Waals surface area contributed by atoms with Crippen LogP contribution in [0, 0.1) is 0 Å². The summed E-state index contributed by atoms with van der Waals surface area (Å²) < 4.78 is 16.4. The highest BCUT2D eigenvalue weighted by Crippen LogP contribution is 2.64. The van der Waals surface area contributed by atoms with Gasteiger partial charge in [-0.3, -0.25) is 9.59 Å². The van der Waals surface area contributed by atoms with E-state index < -0.39 is 66.0 Å². The number of hydrogen-bond donors (Lipinski definition) is 5. The number of rotatable bonds is 9. The molecule has 210 valence electrons. The van der Waals surface area contributed by atoms with Gasteiger partial charge in [-0.2, -0.15) is 0 Å². The number of esters is 2. The average molecular weight is 548 g/mol. The Bertz CT molecular complexity index is 1280. The van der Waals surface area contributed by atoms with E-state index in [0.717, 1.165) is 11.1 Å². The third kappa shape index (κ3) is 4.07. The van der Waals surface area contributed by atoms with Gasteiger partial charge in [0.1, 0.15) is 11.5 Å². The summed E-state index contributed by atoms with van der Waals surface area (Å²) in [7, 11) is 1.94. The van der Waals surface area contributed by atoms with Gasteiger partial charge in [0.2, 0.25) is 6.10 Å². The summed E-state index contributed by atoms with van der Waals surface area (Å²) in [6.45, 7) is 0.349. The lowest BCUT2D eigenvalue weighted by atomic mass is 9.50. The van der Waals surface area contributed by atoms with Gasteiger partial charge in [-0.05, 0) is 38.1 Å². The molecule has 2 aliphatic carbocycles. The molecule has 0 saturated carbocycles. The molecule has 0 aromatic heterocycles. The zero-order valence-corrected chi connectivity index (χ0v) is 21.0. The maximum atomic E-state index is 12.8. The summed E-state index contributed by atoms with van der Waals surface area (Å²) in [5.41, 5.74) is 0.119. The Morgan fingerprint density at radius 3 is 2.62 bits per heavy atom. The van der Waals surface area contributed by atoms with E-state index in [1.807, 2.05) is 13.1 Å². The van der Waals surface area contributed by atoms with E-state index in [1.54, 1.807) is 12.1 Å². The van der Waals surface area contributed by atoms with E-state index in [-0.39, 0.29) is 24.8 Å². The lowest BCUT2D eigenvalue weighted by Crippen LogP contribution is -2.74. The van der Waals surface area contributed by atoms with E-state index in [2.05, 4.69) is 9.64 Å². The topological polar surface area (TPSA) is 200 Å². The van der Waals surface area contributed by atoms with Crippen LogP contribution in [0.1, 0.15) is 42.4 Å². The molecule has 1 spiro atoms. The van der Waals surface area contributed by atoms with Crippen LogP contribution in [0.25, 0.3) is 0 Å². The monoisotopic (exact) mass is 547 g/mol. The maximum absolute atomic E-state index is 12.8. The number of nitrogens with zero attached hydrogens (tertiary/aromatic N) is 1. The molecule has 6 atom stereocenters. The summed E-state index contributed by atoms with van der Waals surface area (Å²) >= 11 is 0. The van der Waals surface area contributed by atoms with Crippen molar-refractivity contribution in [2.75, 3.05) is 13.6 Å². The first-order valence-corrected chi connectivity index (χ1v) is 12.5. The second kappa shape index (κ2) is 9.59. The summed E-state index contributed by atoms with van der Waals surface area (Å²) in [5, 5.41) is 50.0. The first kappa shape index (κ1) is 27.1. The van der Waals surface area contributed by atoms with E-state index in [4.69, 9.17) is 19.7 Å². The van der Waals surface area contributed by atoms with E-state index in [0.29, 0.717) is 30.7 Å². The Morgan fingerprint density at radius 1 is 1.21 bits per heavy atom. The second-order valence-electron chi connectivity index (χ2n) is 10.5. The average Bonchev–Trinajstić information content (AvgIpc) is 3.22. The van der Waals surface area contributed by atoms with Crippen LogP contribution in [-0.2, 0) is 47.1 Å². The minimum atomic E-state index is -2.11. The van der Waals surface area contributed by atoms with Crippen molar-refractivity contribution in [3.8, 4) is 5.75 Å². The lowest BCUT2D eigenvalue weighted by Gasteiger charge is -2.61. The second-order valence-corrected chi connectivity index (χ2v) is 10.5. The van der Waals surface area contributed by atoms with E-state index in [9.17, 15) is 34.5 Å². The number of aliphatic hydroxyl groups is 3. The lowest BCUT2D eigenvalue weighted by molar-refractivity contribution is -0.176. The first-order chi connectivity index (χ1) is 18.4. The van der Waals surface area contributed by atoms with Crippen molar-refractivity contribution in [1.82, 2.24) is 4.90 Å². The highest BCUT2D eigenvalue weighted by molar-refractivity contribution is 5.86. The number of likely N-dealkylation sites (N-methyl/N-ethyl adjacent to an activating group) is 1. The number of benzene rings is 1. The van der Waals surface area contributed by atoms with E-state index >= 15 is 0 Å². The van der Waals surface area contributed by atoms with Gasteiger partial charge in [-0.15, -0.1) is 0 Å². The molecule has 39 heavy (non-hydrogen) atoms. The van der Waals surface area contributed by atoms with Gasteiger partial charge in [-0.25, -0.2) is 9.59 Å². The predicted molar refractivity (Wildman–Crippen MR) is 127 cm³/mol. The van der Waals surface area contributed by atoms with Gasteiger partial charge >= 0.3 is 23.9 Å². The molecule has 13 nitrogen and oxygen atoms in total. The molecule has 2 aliphatic heterocycles. The summed E-state index contributed by atoms with van der Waals surface area (Å²) in [4.78, 5) is 48.9. The van der Waals surface area contributed by atoms with Crippen molar-refractivity contribution in [3.63, 3.8) is 0 Å². The number of carboxylic acid groups (broad SMARTS) is 2. The Hall–Kier alpha value is -3.52. The van der Waals surface area contributed by atoms with Crippen LogP contribution in [0.4, 0.5) is 0 Å². The summed E-state index contributed by atoms with van der Waals surface area (Å²) in [6.07, 6.45) is -4.21. The van der Waals surface area contributed by atoms with Gasteiger partial charge in [0, 0.05) is 23.6 Å². The van der Waals surface area contributed by atoms with Crippen LogP contribution >= 0.6 is 0 Å². The summed E-state index contributed by atoms with van der Waals surface area (Å²) in [5.74, 6) is -5.24. The zero-order valence-electron chi connectivity index (χ0n) is 21.0. The van der Waals surface area contributed by atoms with Crippen LogP contribution in [0.5, 0.6) is 5.75 Å². The highest BCUT2D eigenvalue weighted by atomic mass is 16.6. The molecule has 5 rings (SSSR count). The van der Waals surface area contributed by atoms with Crippen molar-refractivity contribution in [2.45, 2.75) is 74.1 Å². The number of carboxylic acids is 2. The fourth-order valence-electron chi connectivity index (χ4n) is 6.60. The molecule has 0 radical (unpaired) electrons. The third-order valence-corrected chi connectivity index (χ3v) is 8.38. The Balaban J connectivity index is 1.38. The van der Waals surface area contributed by atoms with Crippen LogP contribution in [0.2, 0.25) is 0 Å². The van der Waals surface area contributed by atoms with Crippen molar-refractivity contribution in [2.24, 2.45) is 0 Å². The SMILES string of the molecule is CN1CC[C@]23c4c5ccc(CO)c4O[C@H]2C(OC(=O)C[C@H](O)C(=O)O[C@H](CC(=O)O)C(=O)O)=CC[C@@]3(O)[C@H]1C5. The normalized spacial score (nSPS) is 29.8. The molecule has 1 aromatic rings. The van der Waals surface area contributed by atoms with Gasteiger partial charge in [-0.1, -0.05) is 12.1 Å². The smallest absolute Gasteiger partial charge is 0.345 e. The minimum absolute atomic E-state index is 0.0933. The molecule has 5 N–H and O–H groups in total. The highest BCUT2D eigenvalue weighted by Gasteiger charge is 2.71. The third-order valence-electron chi connectivity index (χ3n) is 8.38. The largest absolute Gasteiger partial charge is 0.481 e. The molecule has 4 aliphatic rings. The molecule has 2 heterocycles. The van der Waals surface area contributed by atoms with Gasteiger partial charge in [0.25, 0.3) is 0 Å². The molecule has 2 bridgehead atoms. The fraction of sp³-hybridized carbons (Fsp3) is 0.538. The van der Waals surface area contributed by atoms with Crippen LogP contribution < -0.4 is 4.74 Å². The van der Waals surface area contributed by atoms with Gasteiger partial charge < -0.3 is 44.6 Å². The number of piperidine rings is 1. The zero-order chi connectivity index (χ0) is 28.3.